The van der Waals surface area contributed by atoms with E-state index in [-0.39, 0.29) is 11.8 Å². The Bertz CT molecular complexity index is 953. The fourth-order valence-corrected chi connectivity index (χ4v) is 6.38. The van der Waals surface area contributed by atoms with Crippen molar-refractivity contribution in [3.05, 3.63) is 56.6 Å². The Morgan fingerprint density at radius 1 is 1.26 bits per heavy atom. The van der Waals surface area contributed by atoms with Crippen molar-refractivity contribution in [3.8, 4) is 0 Å². The Hall–Kier alpha value is -2.06. The number of nitrogens with one attached hydrogen (secondary N) is 2. The molecule has 4 nitrogen and oxygen atoms in total. The van der Waals surface area contributed by atoms with Crippen LogP contribution in [-0.4, -0.2) is 43.2 Å². The Morgan fingerprint density at radius 3 is 2.43 bits per heavy atom. The summed E-state index contributed by atoms with van der Waals surface area (Å²) >= 11 is 1.60. The van der Waals surface area contributed by atoms with Gasteiger partial charge in [0.1, 0.15) is 0 Å². The molecule has 35 heavy (non-hydrogen) atoms. The molecule has 3 rings (SSSR count). The normalized spacial score (nSPS) is 18.4. The molecule has 2 aliphatic rings. The second kappa shape index (κ2) is 12.8. The first-order valence-corrected chi connectivity index (χ1v) is 13.4. The third-order valence-corrected chi connectivity index (χ3v) is 7.97. The van der Waals surface area contributed by atoms with E-state index in [1.54, 1.807) is 11.3 Å². The molecular weight excluding hydrogens is 471 g/mol. The summed E-state index contributed by atoms with van der Waals surface area (Å²) < 4.78 is 38.1. The van der Waals surface area contributed by atoms with Crippen molar-refractivity contribution >= 4 is 17.2 Å². The van der Waals surface area contributed by atoms with E-state index in [9.17, 15) is 18.0 Å². The molecular formula is C27H40F3N3OS. The number of hydrogen-bond acceptors (Lipinski definition) is 4. The van der Waals surface area contributed by atoms with Gasteiger partial charge in [-0.15, -0.1) is 11.3 Å². The molecule has 1 aromatic rings. The minimum atomic E-state index is -4.15. The van der Waals surface area contributed by atoms with Gasteiger partial charge in [0, 0.05) is 28.2 Å². The maximum atomic E-state index is 13.0. The van der Waals surface area contributed by atoms with Gasteiger partial charge in [-0.1, -0.05) is 27.4 Å². The number of thiophene rings is 1. The minimum absolute atomic E-state index is 0.107. The standard InChI is InChI=1S/C25H34F3N3OS.C2H6/c1-6-20(19-7-9-31(10-8-19)14-25(26,27)28)23-17(4)22(13-33-23)24(32)29-12-21-15(2)11-16(3)30-18(21)5;1-2/h11,13,19-20,30H,5-10,12,14H2,1-4H3,(H,29,32);1-2H3. The first-order valence-electron chi connectivity index (χ1n) is 12.5. The molecule has 0 aromatic carbocycles. The van der Waals surface area contributed by atoms with Crippen LogP contribution >= 0.6 is 11.3 Å². The van der Waals surface area contributed by atoms with Gasteiger partial charge in [-0.3, -0.25) is 9.69 Å². The zero-order valence-electron chi connectivity index (χ0n) is 21.9. The summed E-state index contributed by atoms with van der Waals surface area (Å²) in [6.07, 6.45) is 0.310. The zero-order chi connectivity index (χ0) is 26.3. The zero-order valence-corrected chi connectivity index (χ0v) is 22.7. The highest BCUT2D eigenvalue weighted by molar-refractivity contribution is 7.10. The van der Waals surface area contributed by atoms with Crippen LogP contribution in [0.5, 0.6) is 0 Å². The van der Waals surface area contributed by atoms with E-state index in [4.69, 9.17) is 0 Å². The van der Waals surface area contributed by atoms with E-state index in [0.29, 0.717) is 31.1 Å². The smallest absolute Gasteiger partial charge is 0.359 e. The SMILES string of the molecule is C=C1NC(C)=CC(C)=C1CNC(=O)c1csc(C(CC)C2CCN(CC(F)(F)F)CC2)c1C.CC. The van der Waals surface area contributed by atoms with E-state index in [1.165, 1.54) is 9.78 Å². The van der Waals surface area contributed by atoms with Crippen molar-refractivity contribution in [2.24, 2.45) is 5.92 Å². The highest BCUT2D eigenvalue weighted by atomic mass is 32.1. The lowest BCUT2D eigenvalue weighted by molar-refractivity contribution is -0.148. The molecule has 1 aromatic heterocycles. The quantitative estimate of drug-likeness (QED) is 0.418. The summed E-state index contributed by atoms with van der Waals surface area (Å²) in [7, 11) is 0. The summed E-state index contributed by atoms with van der Waals surface area (Å²) in [6, 6.07) is 0. The topological polar surface area (TPSA) is 44.4 Å². The van der Waals surface area contributed by atoms with Crippen LogP contribution in [0, 0.1) is 12.8 Å². The fraction of sp³-hybridized carbons (Fsp3) is 0.593. The van der Waals surface area contributed by atoms with Crippen LogP contribution in [0.1, 0.15) is 80.6 Å². The Labute approximate surface area is 212 Å². The van der Waals surface area contributed by atoms with Gasteiger partial charge in [-0.2, -0.15) is 13.2 Å². The second-order valence-electron chi connectivity index (χ2n) is 9.16. The number of nitrogens with zero attached hydrogens (tertiary/aromatic N) is 1. The van der Waals surface area contributed by atoms with Crippen LogP contribution in [-0.2, 0) is 0 Å². The van der Waals surface area contributed by atoms with Crippen LogP contribution in [0.15, 0.2) is 40.6 Å². The number of likely N-dealkylation sites (tertiary alicyclic amines) is 1. The number of amides is 1. The number of carbonyl (C=O) groups is 1. The molecule has 1 fully saturated rings. The molecule has 8 heteroatoms. The van der Waals surface area contributed by atoms with Crippen LogP contribution in [0.3, 0.4) is 0 Å². The highest BCUT2D eigenvalue weighted by Gasteiger charge is 2.35. The molecule has 0 radical (unpaired) electrons. The van der Waals surface area contributed by atoms with E-state index >= 15 is 0 Å². The molecule has 1 unspecified atom stereocenters. The van der Waals surface area contributed by atoms with E-state index in [1.807, 2.05) is 46.1 Å². The van der Waals surface area contributed by atoms with Crippen molar-refractivity contribution in [3.63, 3.8) is 0 Å². The summed E-state index contributed by atoms with van der Waals surface area (Å²) in [5.74, 6) is 0.501. The summed E-state index contributed by atoms with van der Waals surface area (Å²) in [4.78, 5) is 15.7. The predicted octanol–water partition coefficient (Wildman–Crippen LogP) is 6.92. The van der Waals surface area contributed by atoms with Crippen LogP contribution in [0.2, 0.25) is 0 Å². The van der Waals surface area contributed by atoms with Gasteiger partial charge in [0.05, 0.1) is 12.1 Å². The van der Waals surface area contributed by atoms with Crippen molar-refractivity contribution in [1.82, 2.24) is 15.5 Å². The maximum Gasteiger partial charge on any atom is 0.401 e. The molecule has 1 amide bonds. The van der Waals surface area contributed by atoms with E-state index in [2.05, 4.69) is 24.1 Å². The fourth-order valence-electron chi connectivity index (χ4n) is 5.03. The molecule has 0 bridgehead atoms. The van der Waals surface area contributed by atoms with Gasteiger partial charge in [0.15, 0.2) is 0 Å². The number of carbonyl (C=O) groups excluding carboxylic acids is 1. The maximum absolute atomic E-state index is 13.0. The van der Waals surface area contributed by atoms with Crippen molar-refractivity contribution < 1.29 is 18.0 Å². The average molecular weight is 512 g/mol. The van der Waals surface area contributed by atoms with Crippen LogP contribution < -0.4 is 10.6 Å². The van der Waals surface area contributed by atoms with Gasteiger partial charge >= 0.3 is 6.18 Å². The van der Waals surface area contributed by atoms with Gasteiger partial charge in [-0.25, -0.2) is 0 Å². The first-order chi connectivity index (χ1) is 16.5. The molecule has 196 valence electrons. The Morgan fingerprint density at radius 2 is 1.89 bits per heavy atom. The Balaban J connectivity index is 0.00000210. The monoisotopic (exact) mass is 511 g/mol. The number of piperidine rings is 1. The molecule has 2 N–H and O–H groups in total. The number of hydrogen-bond donors (Lipinski definition) is 2. The predicted molar refractivity (Wildman–Crippen MR) is 140 cm³/mol. The minimum Gasteiger partial charge on any atom is -0.359 e. The lowest BCUT2D eigenvalue weighted by Crippen LogP contribution is -2.41. The number of dihydropyridines is 1. The van der Waals surface area contributed by atoms with E-state index < -0.39 is 12.7 Å². The Kier molecular flexibility index (Phi) is 10.6. The average Bonchev–Trinajstić information content (AvgIpc) is 3.16. The van der Waals surface area contributed by atoms with Crippen LogP contribution in [0.25, 0.3) is 0 Å². The lowest BCUT2D eigenvalue weighted by atomic mass is 9.80. The van der Waals surface area contributed by atoms with Gasteiger partial charge in [0.25, 0.3) is 5.91 Å². The number of alkyl halides is 3. The largest absolute Gasteiger partial charge is 0.401 e. The van der Waals surface area contributed by atoms with Crippen molar-refractivity contribution in [2.75, 3.05) is 26.2 Å². The molecule has 0 aliphatic carbocycles. The first kappa shape index (κ1) is 29.2. The highest BCUT2D eigenvalue weighted by Crippen LogP contribution is 2.40. The molecule has 3 heterocycles. The molecule has 0 spiro atoms. The van der Waals surface area contributed by atoms with Gasteiger partial charge in [0.2, 0.25) is 0 Å². The van der Waals surface area contributed by atoms with E-state index in [0.717, 1.165) is 47.4 Å². The van der Waals surface area contributed by atoms with Crippen molar-refractivity contribution in [2.45, 2.75) is 72.9 Å². The summed E-state index contributed by atoms with van der Waals surface area (Å²) in [5.41, 5.74) is 5.58. The van der Waals surface area contributed by atoms with Gasteiger partial charge in [-0.05, 0) is 87.7 Å². The molecule has 1 saturated heterocycles. The van der Waals surface area contributed by atoms with Gasteiger partial charge < -0.3 is 10.6 Å². The lowest BCUT2D eigenvalue weighted by Gasteiger charge is -2.36. The second-order valence-corrected chi connectivity index (χ2v) is 10.1. The number of halogens is 3. The third kappa shape index (κ3) is 7.71. The number of rotatable bonds is 7. The molecule has 0 saturated carbocycles. The molecule has 2 aliphatic heterocycles. The van der Waals surface area contributed by atoms with Crippen LogP contribution in [0.4, 0.5) is 13.2 Å². The summed E-state index contributed by atoms with van der Waals surface area (Å²) in [6.45, 7) is 16.7. The number of allylic oxidation sites excluding steroid dienone is 3. The molecule has 1 atom stereocenters. The third-order valence-electron chi connectivity index (χ3n) is 6.75. The van der Waals surface area contributed by atoms with Crippen molar-refractivity contribution in [1.29, 1.82) is 0 Å². The summed E-state index contributed by atoms with van der Waals surface area (Å²) in [5, 5.41) is 8.15.